The molecule has 0 spiro atoms. The zero-order valence-corrected chi connectivity index (χ0v) is 9.81. The molecule has 6 heteroatoms. The van der Waals surface area contributed by atoms with Crippen LogP contribution in [0.1, 0.15) is 19.3 Å². The Hall–Kier alpha value is -1.14. The lowest BCUT2D eigenvalue weighted by atomic mass is 10.3. The summed E-state index contributed by atoms with van der Waals surface area (Å²) in [5.74, 6) is -0.309. The van der Waals surface area contributed by atoms with Gasteiger partial charge in [0.1, 0.15) is 6.61 Å². The van der Waals surface area contributed by atoms with E-state index in [-0.39, 0.29) is 19.1 Å². The summed E-state index contributed by atoms with van der Waals surface area (Å²) in [7, 11) is 0. The van der Waals surface area contributed by atoms with Gasteiger partial charge < -0.3 is 19.9 Å². The highest BCUT2D eigenvalue weighted by atomic mass is 16.5. The van der Waals surface area contributed by atoms with Crippen LogP contribution < -0.4 is 5.32 Å². The monoisotopic (exact) mass is 245 g/mol. The molecule has 1 saturated carbocycles. The van der Waals surface area contributed by atoms with Gasteiger partial charge in [-0.25, -0.2) is 4.79 Å². The van der Waals surface area contributed by atoms with Gasteiger partial charge >= 0.3 is 5.97 Å². The molecule has 98 valence electrons. The van der Waals surface area contributed by atoms with E-state index in [1.807, 2.05) is 0 Å². The van der Waals surface area contributed by atoms with E-state index in [4.69, 9.17) is 14.6 Å². The average molecular weight is 245 g/mol. The van der Waals surface area contributed by atoms with Crippen molar-refractivity contribution in [2.45, 2.75) is 19.3 Å². The summed E-state index contributed by atoms with van der Waals surface area (Å²) in [6, 6.07) is 0. The molecule has 0 aliphatic heterocycles. The molecule has 1 fully saturated rings. The van der Waals surface area contributed by atoms with E-state index < -0.39 is 5.97 Å². The van der Waals surface area contributed by atoms with Gasteiger partial charge in [-0.1, -0.05) is 0 Å². The average Bonchev–Trinajstić information content (AvgIpc) is 3.05. The Bertz CT molecular complexity index is 252. The van der Waals surface area contributed by atoms with Crippen LogP contribution in [0, 0.1) is 5.92 Å². The Kier molecular flexibility index (Phi) is 6.57. The second-order valence-corrected chi connectivity index (χ2v) is 4.06. The minimum Gasteiger partial charge on any atom is -0.480 e. The second kappa shape index (κ2) is 8.03. The number of rotatable bonds is 10. The molecule has 17 heavy (non-hydrogen) atoms. The number of carboxylic acid groups (broad SMARTS) is 1. The number of carbonyl (C=O) groups is 2. The van der Waals surface area contributed by atoms with Gasteiger partial charge in [-0.05, 0) is 18.8 Å². The molecule has 0 unspecified atom stereocenters. The molecule has 0 saturated heterocycles. The van der Waals surface area contributed by atoms with E-state index in [9.17, 15) is 9.59 Å². The van der Waals surface area contributed by atoms with Crippen molar-refractivity contribution in [1.82, 2.24) is 5.32 Å². The van der Waals surface area contributed by atoms with Crippen LogP contribution in [0.4, 0.5) is 0 Å². The first-order chi connectivity index (χ1) is 8.18. The van der Waals surface area contributed by atoms with Crippen LogP contribution in [0.15, 0.2) is 0 Å². The minimum atomic E-state index is -0.989. The molecule has 0 heterocycles. The number of nitrogens with one attached hydrogen (secondary N) is 1. The number of amides is 1. The Morgan fingerprint density at radius 1 is 1.18 bits per heavy atom. The fourth-order valence-electron chi connectivity index (χ4n) is 1.30. The molecule has 1 aliphatic rings. The van der Waals surface area contributed by atoms with Crippen LogP contribution >= 0.6 is 0 Å². The molecular weight excluding hydrogens is 226 g/mol. The van der Waals surface area contributed by atoms with Crippen molar-refractivity contribution < 1.29 is 24.2 Å². The first-order valence-corrected chi connectivity index (χ1v) is 5.82. The molecule has 0 bridgehead atoms. The van der Waals surface area contributed by atoms with Crippen LogP contribution in [0.2, 0.25) is 0 Å². The van der Waals surface area contributed by atoms with Crippen molar-refractivity contribution in [1.29, 1.82) is 0 Å². The number of aliphatic carboxylic acids is 1. The molecule has 1 aliphatic carbocycles. The van der Waals surface area contributed by atoms with Crippen LogP contribution in [0.5, 0.6) is 0 Å². The Morgan fingerprint density at radius 2 is 1.88 bits per heavy atom. The molecule has 0 aromatic carbocycles. The van der Waals surface area contributed by atoms with E-state index in [1.54, 1.807) is 0 Å². The highest BCUT2D eigenvalue weighted by Crippen LogP contribution is 2.31. The van der Waals surface area contributed by atoms with Crippen molar-refractivity contribution in [3.8, 4) is 0 Å². The largest absolute Gasteiger partial charge is 0.480 e. The summed E-state index contributed by atoms with van der Waals surface area (Å²) < 4.78 is 9.93. The van der Waals surface area contributed by atoms with E-state index in [0.29, 0.717) is 32.1 Å². The maximum atomic E-state index is 11.2. The number of carboxylic acids is 1. The number of carbonyl (C=O) groups excluding carboxylic acids is 1. The number of hydrogen-bond acceptors (Lipinski definition) is 4. The molecule has 0 aromatic heterocycles. The third kappa shape index (κ3) is 8.65. The molecular formula is C11H19NO5. The lowest BCUT2D eigenvalue weighted by Crippen LogP contribution is -2.27. The summed E-state index contributed by atoms with van der Waals surface area (Å²) in [4.78, 5) is 21.3. The Morgan fingerprint density at radius 3 is 2.53 bits per heavy atom. The summed E-state index contributed by atoms with van der Waals surface area (Å²) in [5, 5.41) is 11.0. The van der Waals surface area contributed by atoms with Gasteiger partial charge in [-0.2, -0.15) is 0 Å². The van der Waals surface area contributed by atoms with Crippen LogP contribution in [0.25, 0.3) is 0 Å². The SMILES string of the molecule is O=C(O)COCCOCCNC(=O)CC1CC1. The fourth-order valence-corrected chi connectivity index (χ4v) is 1.30. The maximum absolute atomic E-state index is 11.2. The third-order valence-electron chi connectivity index (χ3n) is 2.34. The van der Waals surface area contributed by atoms with Crippen LogP contribution in [0.3, 0.4) is 0 Å². The van der Waals surface area contributed by atoms with Crippen LogP contribution in [-0.2, 0) is 19.1 Å². The van der Waals surface area contributed by atoms with Crippen molar-refractivity contribution in [2.75, 3.05) is 33.0 Å². The minimum absolute atomic E-state index is 0.0817. The zero-order chi connectivity index (χ0) is 12.5. The van der Waals surface area contributed by atoms with Crippen molar-refractivity contribution in [3.05, 3.63) is 0 Å². The lowest BCUT2D eigenvalue weighted by Gasteiger charge is -2.06. The standard InChI is InChI=1S/C11H19NO5/c13-10(7-9-1-2-9)12-3-4-16-5-6-17-8-11(14)15/h9H,1-8H2,(H,12,13)(H,14,15). The summed E-state index contributed by atoms with van der Waals surface area (Å²) >= 11 is 0. The molecule has 1 rings (SSSR count). The van der Waals surface area contributed by atoms with Gasteiger partial charge in [0.05, 0.1) is 19.8 Å². The van der Waals surface area contributed by atoms with Gasteiger partial charge in [0.15, 0.2) is 0 Å². The number of ether oxygens (including phenoxy) is 2. The Labute approximate surface area is 100 Å². The second-order valence-electron chi connectivity index (χ2n) is 4.06. The van der Waals surface area contributed by atoms with E-state index in [2.05, 4.69) is 5.32 Å². The predicted molar refractivity (Wildman–Crippen MR) is 59.6 cm³/mol. The molecule has 0 aromatic rings. The Balaban J connectivity index is 1.77. The lowest BCUT2D eigenvalue weighted by molar-refractivity contribution is -0.142. The third-order valence-corrected chi connectivity index (χ3v) is 2.34. The highest BCUT2D eigenvalue weighted by Gasteiger charge is 2.23. The molecule has 2 N–H and O–H groups in total. The van der Waals surface area contributed by atoms with E-state index in [0.717, 1.165) is 0 Å². The first-order valence-electron chi connectivity index (χ1n) is 5.82. The summed E-state index contributed by atoms with van der Waals surface area (Å²) in [6.07, 6.45) is 2.97. The predicted octanol–water partition coefficient (Wildman–Crippen LogP) is 0.0205. The first kappa shape index (κ1) is 13.9. The highest BCUT2D eigenvalue weighted by molar-refractivity contribution is 5.76. The van der Waals surface area contributed by atoms with Gasteiger partial charge in [0, 0.05) is 13.0 Å². The van der Waals surface area contributed by atoms with Gasteiger partial charge in [0.25, 0.3) is 0 Å². The van der Waals surface area contributed by atoms with Crippen molar-refractivity contribution in [3.63, 3.8) is 0 Å². The quantitative estimate of drug-likeness (QED) is 0.530. The van der Waals surface area contributed by atoms with Gasteiger partial charge in [-0.3, -0.25) is 4.79 Å². The summed E-state index contributed by atoms with van der Waals surface area (Å²) in [6.45, 7) is 1.20. The normalized spacial score (nSPS) is 14.6. The van der Waals surface area contributed by atoms with Crippen molar-refractivity contribution in [2.24, 2.45) is 5.92 Å². The smallest absolute Gasteiger partial charge is 0.329 e. The maximum Gasteiger partial charge on any atom is 0.329 e. The summed E-state index contributed by atoms with van der Waals surface area (Å²) in [5.41, 5.74) is 0. The topological polar surface area (TPSA) is 84.9 Å². The molecule has 6 nitrogen and oxygen atoms in total. The van der Waals surface area contributed by atoms with Gasteiger partial charge in [-0.15, -0.1) is 0 Å². The zero-order valence-electron chi connectivity index (χ0n) is 9.81. The molecule has 0 radical (unpaired) electrons. The van der Waals surface area contributed by atoms with Crippen molar-refractivity contribution >= 4 is 11.9 Å². The molecule has 0 atom stereocenters. The fraction of sp³-hybridized carbons (Fsp3) is 0.818. The van der Waals surface area contributed by atoms with Gasteiger partial charge in [0.2, 0.25) is 5.91 Å². The number of hydrogen-bond donors (Lipinski definition) is 2. The van der Waals surface area contributed by atoms with E-state index >= 15 is 0 Å². The van der Waals surface area contributed by atoms with Crippen LogP contribution in [-0.4, -0.2) is 50.0 Å². The molecule has 1 amide bonds. The van der Waals surface area contributed by atoms with E-state index in [1.165, 1.54) is 12.8 Å².